The lowest BCUT2D eigenvalue weighted by Gasteiger charge is -2.34. The van der Waals surface area contributed by atoms with Gasteiger partial charge in [-0.15, -0.1) is 0 Å². The molecule has 1 aromatic carbocycles. The first-order valence-electron chi connectivity index (χ1n) is 9.48. The van der Waals surface area contributed by atoms with Crippen molar-refractivity contribution in [2.45, 2.75) is 57.1 Å². The zero-order chi connectivity index (χ0) is 17.6. The normalized spacial score (nSPS) is 25.5. The van der Waals surface area contributed by atoms with Gasteiger partial charge in [-0.2, -0.15) is 5.26 Å². The van der Waals surface area contributed by atoms with E-state index >= 15 is 0 Å². The van der Waals surface area contributed by atoms with Gasteiger partial charge in [0.1, 0.15) is 17.9 Å². The molecule has 0 unspecified atom stereocenters. The Hall–Kier alpha value is -1.28. The molecule has 2 N–H and O–H groups in total. The van der Waals surface area contributed by atoms with Crippen molar-refractivity contribution >= 4 is 11.6 Å². The van der Waals surface area contributed by atoms with Crippen molar-refractivity contribution in [2.75, 3.05) is 19.6 Å². The van der Waals surface area contributed by atoms with Gasteiger partial charge in [0.15, 0.2) is 0 Å². The van der Waals surface area contributed by atoms with E-state index in [9.17, 15) is 5.26 Å². The number of nitriles is 1. The fourth-order valence-corrected chi connectivity index (χ4v) is 4.14. The number of likely N-dealkylation sites (tertiary alicyclic amines) is 1. The number of nitrogens with zero attached hydrogens (tertiary/aromatic N) is 2. The molecule has 0 spiro atoms. The van der Waals surface area contributed by atoms with E-state index in [1.165, 1.54) is 38.6 Å². The number of ether oxygens (including phenoxy) is 1. The maximum Gasteiger partial charge on any atom is 0.137 e. The molecule has 0 atom stereocenters. The van der Waals surface area contributed by atoms with Crippen LogP contribution in [-0.2, 0) is 0 Å². The monoisotopic (exact) mass is 361 g/mol. The summed E-state index contributed by atoms with van der Waals surface area (Å²) in [5, 5.41) is 9.79. The summed E-state index contributed by atoms with van der Waals surface area (Å²) in [6, 6.07) is 7.86. The van der Waals surface area contributed by atoms with Crippen molar-refractivity contribution in [2.24, 2.45) is 11.7 Å². The highest BCUT2D eigenvalue weighted by atomic mass is 35.5. The summed E-state index contributed by atoms with van der Waals surface area (Å²) in [6.07, 6.45) is 8.52. The lowest BCUT2D eigenvalue weighted by atomic mass is 9.84. The average Bonchev–Trinajstić information content (AvgIpc) is 2.64. The third-order valence-corrected chi connectivity index (χ3v) is 5.87. The molecule has 1 saturated heterocycles. The molecule has 0 bridgehead atoms. The van der Waals surface area contributed by atoms with Crippen molar-refractivity contribution < 1.29 is 4.74 Å². The van der Waals surface area contributed by atoms with E-state index in [-0.39, 0.29) is 6.10 Å². The predicted molar refractivity (Wildman–Crippen MR) is 101 cm³/mol. The molecule has 25 heavy (non-hydrogen) atoms. The molecule has 0 amide bonds. The first-order chi connectivity index (χ1) is 12.1. The van der Waals surface area contributed by atoms with Crippen LogP contribution in [0.5, 0.6) is 5.75 Å². The van der Waals surface area contributed by atoms with E-state index in [0.717, 1.165) is 31.8 Å². The molecule has 136 valence electrons. The number of hydrogen-bond acceptors (Lipinski definition) is 4. The smallest absolute Gasteiger partial charge is 0.137 e. The molecule has 1 aromatic rings. The van der Waals surface area contributed by atoms with Crippen LogP contribution in [0.3, 0.4) is 0 Å². The fourth-order valence-electron chi connectivity index (χ4n) is 3.96. The second-order valence-electron chi connectivity index (χ2n) is 7.48. The number of halogens is 1. The van der Waals surface area contributed by atoms with Crippen LogP contribution in [0.2, 0.25) is 5.02 Å². The van der Waals surface area contributed by atoms with Gasteiger partial charge in [-0.3, -0.25) is 0 Å². The van der Waals surface area contributed by atoms with Crippen LogP contribution in [0, 0.1) is 17.2 Å². The largest absolute Gasteiger partial charge is 0.489 e. The Morgan fingerprint density at radius 2 is 1.88 bits per heavy atom. The van der Waals surface area contributed by atoms with E-state index in [1.54, 1.807) is 18.2 Å². The third-order valence-electron chi connectivity index (χ3n) is 5.64. The highest BCUT2D eigenvalue weighted by Crippen LogP contribution is 2.28. The van der Waals surface area contributed by atoms with Crippen molar-refractivity contribution in [3.05, 3.63) is 28.8 Å². The first-order valence-corrected chi connectivity index (χ1v) is 9.86. The Balaban J connectivity index is 1.41. The lowest BCUT2D eigenvalue weighted by Crippen LogP contribution is -2.39. The molecule has 3 rings (SSSR count). The Bertz CT molecular complexity index is 599. The maximum absolute atomic E-state index is 9.22. The fraction of sp³-hybridized carbons (Fsp3) is 0.650. The molecule has 1 aliphatic carbocycles. The van der Waals surface area contributed by atoms with E-state index < -0.39 is 0 Å². The SMILES string of the molecule is N#Cc1cc(Cl)ccc1OC1CCN(CC[C@H]2CC[C@H](N)CC2)CC1. The molecule has 1 aliphatic heterocycles. The van der Waals surface area contributed by atoms with Gasteiger partial charge in [0.2, 0.25) is 0 Å². The summed E-state index contributed by atoms with van der Waals surface area (Å²) in [7, 11) is 0. The van der Waals surface area contributed by atoms with Crippen LogP contribution in [0.25, 0.3) is 0 Å². The van der Waals surface area contributed by atoms with E-state index in [0.29, 0.717) is 22.4 Å². The van der Waals surface area contributed by atoms with Crippen LogP contribution in [0.1, 0.15) is 50.5 Å². The summed E-state index contributed by atoms with van der Waals surface area (Å²) in [6.45, 7) is 3.34. The summed E-state index contributed by atoms with van der Waals surface area (Å²) < 4.78 is 6.07. The maximum atomic E-state index is 9.22. The molecule has 2 fully saturated rings. The van der Waals surface area contributed by atoms with E-state index in [1.807, 2.05) is 0 Å². The van der Waals surface area contributed by atoms with E-state index in [2.05, 4.69) is 11.0 Å². The summed E-state index contributed by atoms with van der Waals surface area (Å²) in [4.78, 5) is 2.56. The minimum atomic E-state index is 0.192. The number of rotatable bonds is 5. The van der Waals surface area contributed by atoms with Gasteiger partial charge in [-0.1, -0.05) is 11.6 Å². The van der Waals surface area contributed by atoms with Crippen LogP contribution < -0.4 is 10.5 Å². The van der Waals surface area contributed by atoms with Gasteiger partial charge in [0.05, 0.1) is 5.56 Å². The number of benzene rings is 1. The van der Waals surface area contributed by atoms with Crippen LogP contribution in [-0.4, -0.2) is 36.7 Å². The summed E-state index contributed by atoms with van der Waals surface area (Å²) in [5.41, 5.74) is 6.51. The van der Waals surface area contributed by atoms with Gasteiger partial charge in [-0.05, 0) is 75.6 Å². The molecular weight excluding hydrogens is 334 g/mol. The molecule has 0 radical (unpaired) electrons. The lowest BCUT2D eigenvalue weighted by molar-refractivity contribution is 0.0950. The third kappa shape index (κ3) is 5.34. The summed E-state index contributed by atoms with van der Waals surface area (Å²) >= 11 is 5.94. The number of piperidine rings is 1. The van der Waals surface area contributed by atoms with Crippen molar-refractivity contribution in [1.29, 1.82) is 5.26 Å². The van der Waals surface area contributed by atoms with Gasteiger partial charge in [0, 0.05) is 24.2 Å². The molecule has 2 aliphatic rings. The number of hydrogen-bond donors (Lipinski definition) is 1. The molecule has 1 saturated carbocycles. The average molecular weight is 362 g/mol. The molecule has 1 heterocycles. The Morgan fingerprint density at radius 3 is 2.56 bits per heavy atom. The zero-order valence-electron chi connectivity index (χ0n) is 14.8. The summed E-state index contributed by atoms with van der Waals surface area (Å²) in [5.74, 6) is 1.52. The Morgan fingerprint density at radius 1 is 1.16 bits per heavy atom. The second kappa shape index (κ2) is 8.89. The van der Waals surface area contributed by atoms with Gasteiger partial charge in [-0.25, -0.2) is 0 Å². The van der Waals surface area contributed by atoms with Gasteiger partial charge in [0.25, 0.3) is 0 Å². The quantitative estimate of drug-likeness (QED) is 0.862. The molecule has 4 nitrogen and oxygen atoms in total. The Kier molecular flexibility index (Phi) is 6.58. The van der Waals surface area contributed by atoms with Gasteiger partial charge >= 0.3 is 0 Å². The zero-order valence-corrected chi connectivity index (χ0v) is 15.5. The number of nitrogens with two attached hydrogens (primary N) is 1. The minimum Gasteiger partial charge on any atom is -0.489 e. The standard InChI is InChI=1S/C20H28ClN3O/c21-17-3-6-20(16(13-17)14-22)25-19-8-11-24(12-9-19)10-7-15-1-4-18(23)5-2-15/h3,6,13,15,18-19H,1-2,4-5,7-12,23H2/t15-,18-. The predicted octanol–water partition coefficient (Wildman–Crippen LogP) is 3.96. The second-order valence-corrected chi connectivity index (χ2v) is 7.92. The van der Waals surface area contributed by atoms with Crippen molar-refractivity contribution in [1.82, 2.24) is 4.90 Å². The van der Waals surface area contributed by atoms with Crippen molar-refractivity contribution in [3.63, 3.8) is 0 Å². The van der Waals surface area contributed by atoms with Crippen LogP contribution >= 0.6 is 11.6 Å². The van der Waals surface area contributed by atoms with Crippen LogP contribution in [0.15, 0.2) is 18.2 Å². The van der Waals surface area contributed by atoms with Crippen LogP contribution in [0.4, 0.5) is 0 Å². The topological polar surface area (TPSA) is 62.3 Å². The molecule has 0 aromatic heterocycles. The minimum absolute atomic E-state index is 0.192. The highest BCUT2D eigenvalue weighted by Gasteiger charge is 2.23. The highest BCUT2D eigenvalue weighted by molar-refractivity contribution is 6.30. The molecule has 5 heteroatoms. The van der Waals surface area contributed by atoms with E-state index in [4.69, 9.17) is 22.1 Å². The Labute approximate surface area is 155 Å². The first kappa shape index (κ1) is 18.5. The van der Waals surface area contributed by atoms with Gasteiger partial charge < -0.3 is 15.4 Å². The molecular formula is C20H28ClN3O. The van der Waals surface area contributed by atoms with Crippen molar-refractivity contribution in [3.8, 4) is 11.8 Å².